The summed E-state index contributed by atoms with van der Waals surface area (Å²) < 4.78 is 5.25. The van der Waals surface area contributed by atoms with E-state index in [1.54, 1.807) is 7.11 Å². The molecule has 2 aliphatic carbocycles. The topological polar surface area (TPSA) is 38.5 Å². The van der Waals surface area contributed by atoms with Gasteiger partial charge < -0.3 is 10.5 Å². The summed E-state index contributed by atoms with van der Waals surface area (Å²) in [6.45, 7) is 5.30. The fraction of sp³-hybridized carbons (Fsp3) is 1.00. The molecule has 106 valence electrons. The third kappa shape index (κ3) is 3.94. The number of methoxy groups -OCH3 is 1. The van der Waals surface area contributed by atoms with Crippen LogP contribution >= 0.6 is 0 Å². The number of hydrogen-bond donors (Lipinski definition) is 1. The summed E-state index contributed by atoms with van der Waals surface area (Å²) in [6.07, 6.45) is 8.27. The molecule has 0 amide bonds. The highest BCUT2D eigenvalue weighted by atomic mass is 16.5. The Bertz CT molecular complexity index is 237. The summed E-state index contributed by atoms with van der Waals surface area (Å²) in [7, 11) is 1.79. The molecular formula is C15H30N2O. The molecule has 2 fully saturated rings. The molecular weight excluding hydrogens is 224 g/mol. The third-order valence-electron chi connectivity index (χ3n) is 4.91. The molecule has 2 rings (SSSR count). The molecule has 18 heavy (non-hydrogen) atoms. The minimum absolute atomic E-state index is 0.366. The van der Waals surface area contributed by atoms with Gasteiger partial charge in [0.25, 0.3) is 0 Å². The van der Waals surface area contributed by atoms with Crippen molar-refractivity contribution in [1.82, 2.24) is 4.90 Å². The number of nitrogens with two attached hydrogens (primary N) is 1. The Balaban J connectivity index is 1.82. The Kier molecular flexibility index (Phi) is 5.46. The van der Waals surface area contributed by atoms with Crippen molar-refractivity contribution >= 4 is 0 Å². The van der Waals surface area contributed by atoms with E-state index in [-0.39, 0.29) is 0 Å². The Labute approximate surface area is 112 Å². The van der Waals surface area contributed by atoms with Crippen molar-refractivity contribution in [2.24, 2.45) is 17.6 Å². The average molecular weight is 254 g/mol. The molecule has 0 spiro atoms. The third-order valence-corrected chi connectivity index (χ3v) is 4.91. The second-order valence-electron chi connectivity index (χ2n) is 6.27. The molecule has 2 aliphatic rings. The maximum absolute atomic E-state index is 6.43. The number of rotatable bonds is 8. The molecule has 0 aromatic carbocycles. The van der Waals surface area contributed by atoms with E-state index >= 15 is 0 Å². The summed E-state index contributed by atoms with van der Waals surface area (Å²) in [5.41, 5.74) is 6.43. The highest BCUT2D eigenvalue weighted by Gasteiger charge is 2.33. The summed E-state index contributed by atoms with van der Waals surface area (Å²) >= 11 is 0. The molecule has 3 nitrogen and oxygen atoms in total. The molecule has 2 unspecified atom stereocenters. The van der Waals surface area contributed by atoms with Crippen LogP contribution in [-0.4, -0.2) is 43.8 Å². The SMILES string of the molecule is COCCN(CC(N)C1CCCC1)C(C)C1CC1. The number of hydrogen-bond acceptors (Lipinski definition) is 3. The Morgan fingerprint density at radius 1 is 1.17 bits per heavy atom. The second kappa shape index (κ2) is 6.88. The van der Waals surface area contributed by atoms with E-state index < -0.39 is 0 Å². The summed E-state index contributed by atoms with van der Waals surface area (Å²) in [6, 6.07) is 1.05. The lowest BCUT2D eigenvalue weighted by atomic mass is 9.97. The zero-order valence-electron chi connectivity index (χ0n) is 12.1. The molecule has 0 bridgehead atoms. The zero-order chi connectivity index (χ0) is 13.0. The van der Waals surface area contributed by atoms with E-state index in [1.807, 2.05) is 0 Å². The van der Waals surface area contributed by atoms with Crippen LogP contribution < -0.4 is 5.73 Å². The van der Waals surface area contributed by atoms with Gasteiger partial charge in [0, 0.05) is 32.3 Å². The lowest BCUT2D eigenvalue weighted by Crippen LogP contribution is -2.47. The minimum atomic E-state index is 0.366. The Morgan fingerprint density at radius 3 is 2.39 bits per heavy atom. The van der Waals surface area contributed by atoms with E-state index in [9.17, 15) is 0 Å². The maximum Gasteiger partial charge on any atom is 0.0589 e. The van der Waals surface area contributed by atoms with Gasteiger partial charge in [-0.1, -0.05) is 12.8 Å². The summed E-state index contributed by atoms with van der Waals surface area (Å²) in [5, 5.41) is 0. The van der Waals surface area contributed by atoms with Crippen molar-refractivity contribution in [3.63, 3.8) is 0 Å². The lowest BCUT2D eigenvalue weighted by molar-refractivity contribution is 0.106. The summed E-state index contributed by atoms with van der Waals surface area (Å²) in [4.78, 5) is 2.57. The molecule has 0 saturated heterocycles. The Hall–Kier alpha value is -0.120. The van der Waals surface area contributed by atoms with Crippen LogP contribution in [0.1, 0.15) is 45.4 Å². The van der Waals surface area contributed by atoms with Crippen molar-refractivity contribution in [1.29, 1.82) is 0 Å². The predicted octanol–water partition coefficient (Wildman–Crippen LogP) is 2.25. The van der Waals surface area contributed by atoms with Crippen LogP contribution in [0, 0.1) is 11.8 Å². The van der Waals surface area contributed by atoms with Gasteiger partial charge in [-0.2, -0.15) is 0 Å². The average Bonchev–Trinajstić information content (AvgIpc) is 3.08. The van der Waals surface area contributed by atoms with Crippen molar-refractivity contribution in [2.75, 3.05) is 26.8 Å². The van der Waals surface area contributed by atoms with Gasteiger partial charge in [-0.05, 0) is 44.4 Å². The van der Waals surface area contributed by atoms with E-state index in [0.717, 1.165) is 31.5 Å². The second-order valence-corrected chi connectivity index (χ2v) is 6.27. The van der Waals surface area contributed by atoms with E-state index in [4.69, 9.17) is 10.5 Å². The van der Waals surface area contributed by atoms with Gasteiger partial charge in [-0.15, -0.1) is 0 Å². The van der Waals surface area contributed by atoms with Gasteiger partial charge in [-0.3, -0.25) is 4.90 Å². The first-order chi connectivity index (χ1) is 8.72. The maximum atomic E-state index is 6.43. The standard InChI is InChI=1S/C15H30N2O/c1-12(13-7-8-13)17(9-10-18-2)11-15(16)14-5-3-4-6-14/h12-15H,3-11,16H2,1-2H3. The highest BCUT2D eigenvalue weighted by molar-refractivity contribution is 4.88. The molecule has 2 saturated carbocycles. The van der Waals surface area contributed by atoms with Gasteiger partial charge in [-0.25, -0.2) is 0 Å². The van der Waals surface area contributed by atoms with Gasteiger partial charge in [0.15, 0.2) is 0 Å². The lowest BCUT2D eigenvalue weighted by Gasteiger charge is -2.33. The van der Waals surface area contributed by atoms with Crippen LogP contribution in [0.4, 0.5) is 0 Å². The van der Waals surface area contributed by atoms with Crippen LogP contribution in [0.2, 0.25) is 0 Å². The molecule has 0 heterocycles. The minimum Gasteiger partial charge on any atom is -0.383 e. The van der Waals surface area contributed by atoms with Crippen LogP contribution in [-0.2, 0) is 4.74 Å². The Morgan fingerprint density at radius 2 is 1.83 bits per heavy atom. The van der Waals surface area contributed by atoms with Gasteiger partial charge in [0.1, 0.15) is 0 Å². The molecule has 2 atom stereocenters. The molecule has 3 heteroatoms. The highest BCUT2D eigenvalue weighted by Crippen LogP contribution is 2.35. The van der Waals surface area contributed by atoms with Gasteiger partial charge >= 0.3 is 0 Å². The van der Waals surface area contributed by atoms with E-state index in [1.165, 1.54) is 38.5 Å². The van der Waals surface area contributed by atoms with Gasteiger partial charge in [0.2, 0.25) is 0 Å². The normalized spacial score (nSPS) is 24.7. The van der Waals surface area contributed by atoms with Crippen LogP contribution in [0.5, 0.6) is 0 Å². The van der Waals surface area contributed by atoms with E-state index in [0.29, 0.717) is 12.1 Å². The summed E-state index contributed by atoms with van der Waals surface area (Å²) in [5.74, 6) is 1.68. The fourth-order valence-corrected chi connectivity index (χ4v) is 3.35. The molecule has 0 aromatic rings. The monoisotopic (exact) mass is 254 g/mol. The van der Waals surface area contributed by atoms with Crippen molar-refractivity contribution in [2.45, 2.75) is 57.5 Å². The molecule has 0 radical (unpaired) electrons. The number of nitrogens with zero attached hydrogens (tertiary/aromatic N) is 1. The van der Waals surface area contributed by atoms with Gasteiger partial charge in [0.05, 0.1) is 6.61 Å². The van der Waals surface area contributed by atoms with Crippen molar-refractivity contribution in [3.05, 3.63) is 0 Å². The first-order valence-corrected chi connectivity index (χ1v) is 7.71. The van der Waals surface area contributed by atoms with Crippen LogP contribution in [0.25, 0.3) is 0 Å². The fourth-order valence-electron chi connectivity index (χ4n) is 3.35. The van der Waals surface area contributed by atoms with Crippen LogP contribution in [0.3, 0.4) is 0 Å². The molecule has 2 N–H and O–H groups in total. The van der Waals surface area contributed by atoms with Crippen molar-refractivity contribution in [3.8, 4) is 0 Å². The predicted molar refractivity (Wildman–Crippen MR) is 75.6 cm³/mol. The van der Waals surface area contributed by atoms with Crippen molar-refractivity contribution < 1.29 is 4.74 Å². The van der Waals surface area contributed by atoms with E-state index in [2.05, 4.69) is 11.8 Å². The quantitative estimate of drug-likeness (QED) is 0.722. The number of ether oxygens (including phenoxy) is 1. The zero-order valence-corrected chi connectivity index (χ0v) is 12.1. The first-order valence-electron chi connectivity index (χ1n) is 7.71. The molecule has 0 aliphatic heterocycles. The smallest absolute Gasteiger partial charge is 0.0589 e. The largest absolute Gasteiger partial charge is 0.383 e. The first kappa shape index (κ1) is 14.3. The molecule has 0 aromatic heterocycles. The van der Waals surface area contributed by atoms with Crippen LogP contribution in [0.15, 0.2) is 0 Å².